The Morgan fingerprint density at radius 1 is 1.20 bits per heavy atom. The molecule has 1 amide bonds. The van der Waals surface area contributed by atoms with E-state index in [0.717, 1.165) is 48.1 Å². The van der Waals surface area contributed by atoms with Gasteiger partial charge in [0.1, 0.15) is 5.60 Å². The van der Waals surface area contributed by atoms with Gasteiger partial charge < -0.3 is 19.5 Å². The van der Waals surface area contributed by atoms with Gasteiger partial charge in [0.05, 0.1) is 30.7 Å². The molecular weight excluding hydrogens is 482 g/mol. The molecule has 190 valence electrons. The molecule has 4 rings (SSSR count). The lowest BCUT2D eigenvalue weighted by atomic mass is 9.78. The minimum Gasteiger partial charge on any atom is -0.384 e. The molecule has 1 saturated carbocycles. The molecule has 2 aliphatic rings. The molecule has 5 nitrogen and oxygen atoms in total. The van der Waals surface area contributed by atoms with Gasteiger partial charge in [-0.1, -0.05) is 48.0 Å². The van der Waals surface area contributed by atoms with Crippen molar-refractivity contribution in [2.24, 2.45) is 5.92 Å². The number of rotatable bonds is 8. The zero-order valence-corrected chi connectivity index (χ0v) is 22.4. The third-order valence-electron chi connectivity index (χ3n) is 7.44. The molecule has 1 N–H and O–H groups in total. The molecule has 0 aromatic heterocycles. The number of carbonyl (C=O) groups excluding carboxylic acids is 1. The first-order valence-electron chi connectivity index (χ1n) is 12.4. The van der Waals surface area contributed by atoms with Crippen LogP contribution < -0.4 is 0 Å². The minimum atomic E-state index is -1.15. The number of nitrogens with zero attached hydrogens (tertiary/aromatic N) is 1. The van der Waals surface area contributed by atoms with Crippen molar-refractivity contribution in [3.63, 3.8) is 0 Å². The normalized spacial score (nSPS) is 20.5. The van der Waals surface area contributed by atoms with Crippen LogP contribution in [0.1, 0.15) is 56.1 Å². The lowest BCUT2D eigenvalue weighted by Gasteiger charge is -2.37. The van der Waals surface area contributed by atoms with Crippen LogP contribution in [0.25, 0.3) is 0 Å². The SMILES string of the molecule is CSc1ccc([C@@H](CC2CCC3(CC2)OCCO3)C(=O)N(C)C[C@](C)(O)c2ccccc2)cc1Cl. The first kappa shape index (κ1) is 26.5. The molecule has 2 fully saturated rings. The quantitative estimate of drug-likeness (QED) is 0.446. The molecule has 0 radical (unpaired) electrons. The molecule has 2 aromatic rings. The molecule has 2 aromatic carbocycles. The number of thioether (sulfide) groups is 1. The lowest BCUT2D eigenvalue weighted by molar-refractivity contribution is -0.183. The average Bonchev–Trinajstić information content (AvgIpc) is 3.31. The van der Waals surface area contributed by atoms with E-state index in [1.165, 1.54) is 0 Å². The van der Waals surface area contributed by atoms with Crippen molar-refractivity contribution < 1.29 is 19.4 Å². The van der Waals surface area contributed by atoms with Gasteiger partial charge >= 0.3 is 0 Å². The summed E-state index contributed by atoms with van der Waals surface area (Å²) < 4.78 is 11.8. The summed E-state index contributed by atoms with van der Waals surface area (Å²) in [5.41, 5.74) is 0.570. The summed E-state index contributed by atoms with van der Waals surface area (Å²) in [7, 11) is 1.78. The first-order chi connectivity index (χ1) is 16.7. The smallest absolute Gasteiger partial charge is 0.229 e. The van der Waals surface area contributed by atoms with Gasteiger partial charge in [-0.3, -0.25) is 4.79 Å². The topological polar surface area (TPSA) is 59.0 Å². The Hall–Kier alpha value is -1.57. The van der Waals surface area contributed by atoms with Gasteiger partial charge in [0.2, 0.25) is 5.91 Å². The average molecular weight is 518 g/mol. The van der Waals surface area contributed by atoms with E-state index in [1.807, 2.05) is 54.8 Å². The molecule has 0 unspecified atom stereocenters. The Morgan fingerprint density at radius 3 is 2.46 bits per heavy atom. The van der Waals surface area contributed by atoms with E-state index < -0.39 is 11.4 Å². The summed E-state index contributed by atoms with van der Waals surface area (Å²) in [6, 6.07) is 15.5. The van der Waals surface area contributed by atoms with Crippen molar-refractivity contribution in [1.82, 2.24) is 4.90 Å². The Bertz CT molecular complexity index is 999. The van der Waals surface area contributed by atoms with E-state index in [2.05, 4.69) is 0 Å². The van der Waals surface area contributed by atoms with E-state index in [9.17, 15) is 9.90 Å². The summed E-state index contributed by atoms with van der Waals surface area (Å²) in [4.78, 5) is 16.5. The molecule has 1 aliphatic carbocycles. The monoisotopic (exact) mass is 517 g/mol. The highest BCUT2D eigenvalue weighted by Crippen LogP contribution is 2.42. The van der Waals surface area contributed by atoms with Crippen molar-refractivity contribution in [2.45, 2.75) is 61.2 Å². The van der Waals surface area contributed by atoms with Gasteiger partial charge in [-0.25, -0.2) is 0 Å². The molecular formula is C28H36ClNO4S. The third-order valence-corrected chi connectivity index (χ3v) is 8.66. The number of ether oxygens (including phenoxy) is 2. The van der Waals surface area contributed by atoms with Crippen LogP contribution in [0.15, 0.2) is 53.4 Å². The number of benzene rings is 2. The van der Waals surface area contributed by atoms with Gasteiger partial charge in [-0.2, -0.15) is 0 Å². The summed E-state index contributed by atoms with van der Waals surface area (Å²) in [6.07, 6.45) is 6.39. The standard InChI is InChI=1S/C28H36ClNO4S/c1-27(32,22-7-5-4-6-8-22)19-30(2)26(31)23(21-9-10-25(35-3)24(29)18-21)17-20-11-13-28(14-12-20)33-15-16-34-28/h4-10,18,20,23,32H,11-17,19H2,1-3H3/t23-,27+/m1/s1. The number of hydrogen-bond acceptors (Lipinski definition) is 5. The van der Waals surface area contributed by atoms with Gasteiger partial charge in [0.15, 0.2) is 5.79 Å². The van der Waals surface area contributed by atoms with E-state index in [-0.39, 0.29) is 18.4 Å². The Morgan fingerprint density at radius 2 is 1.86 bits per heavy atom. The van der Waals surface area contributed by atoms with Crippen molar-refractivity contribution in [3.05, 3.63) is 64.7 Å². The largest absolute Gasteiger partial charge is 0.384 e. The molecule has 1 spiro atoms. The fraction of sp³-hybridized carbons (Fsp3) is 0.536. The predicted octanol–water partition coefficient (Wildman–Crippen LogP) is 5.84. The number of likely N-dealkylation sites (N-methyl/N-ethyl adjacent to an activating group) is 1. The Kier molecular flexibility index (Phi) is 8.49. The number of halogens is 1. The van der Waals surface area contributed by atoms with E-state index in [0.29, 0.717) is 24.2 Å². The molecule has 1 saturated heterocycles. The van der Waals surface area contributed by atoms with Gasteiger partial charge in [-0.15, -0.1) is 11.8 Å². The van der Waals surface area contributed by atoms with Crippen molar-refractivity contribution in [2.75, 3.05) is 33.1 Å². The Balaban J connectivity index is 1.52. The molecule has 35 heavy (non-hydrogen) atoms. The van der Waals surface area contributed by atoms with E-state index in [1.54, 1.807) is 30.6 Å². The van der Waals surface area contributed by atoms with Crippen LogP contribution in [0.2, 0.25) is 5.02 Å². The van der Waals surface area contributed by atoms with Crippen LogP contribution in [-0.4, -0.2) is 54.8 Å². The number of carbonyl (C=O) groups is 1. The van der Waals surface area contributed by atoms with Gasteiger partial charge in [0, 0.05) is 24.8 Å². The predicted molar refractivity (Wildman–Crippen MR) is 141 cm³/mol. The molecule has 1 heterocycles. The van der Waals surface area contributed by atoms with Crippen LogP contribution >= 0.6 is 23.4 Å². The fourth-order valence-corrected chi connectivity index (χ4v) is 6.32. The fourth-order valence-electron chi connectivity index (χ4n) is 5.45. The summed E-state index contributed by atoms with van der Waals surface area (Å²) in [6.45, 7) is 3.29. The number of aliphatic hydroxyl groups is 1. The van der Waals surface area contributed by atoms with Crippen LogP contribution in [0, 0.1) is 5.92 Å². The van der Waals surface area contributed by atoms with Crippen LogP contribution in [0.3, 0.4) is 0 Å². The van der Waals surface area contributed by atoms with Crippen LogP contribution in [0.4, 0.5) is 0 Å². The molecule has 7 heteroatoms. The van der Waals surface area contributed by atoms with Crippen molar-refractivity contribution in [1.29, 1.82) is 0 Å². The summed E-state index contributed by atoms with van der Waals surface area (Å²) in [5, 5.41) is 11.8. The summed E-state index contributed by atoms with van der Waals surface area (Å²) >= 11 is 8.14. The second-order valence-electron chi connectivity index (χ2n) is 10.1. The lowest BCUT2D eigenvalue weighted by Crippen LogP contribution is -2.42. The zero-order valence-electron chi connectivity index (χ0n) is 20.8. The molecule has 2 atom stereocenters. The third kappa shape index (κ3) is 6.23. The van der Waals surface area contributed by atoms with Gasteiger partial charge in [-0.05, 0) is 61.6 Å². The maximum absolute atomic E-state index is 13.9. The Labute approximate surface area is 218 Å². The second kappa shape index (κ2) is 11.2. The highest BCUT2D eigenvalue weighted by atomic mass is 35.5. The maximum Gasteiger partial charge on any atom is 0.229 e. The summed E-state index contributed by atoms with van der Waals surface area (Å²) in [5.74, 6) is -0.346. The van der Waals surface area contributed by atoms with Crippen LogP contribution in [-0.2, 0) is 19.9 Å². The van der Waals surface area contributed by atoms with Gasteiger partial charge in [0.25, 0.3) is 0 Å². The number of hydrogen-bond donors (Lipinski definition) is 1. The van der Waals surface area contributed by atoms with Crippen molar-refractivity contribution >= 4 is 29.3 Å². The first-order valence-corrected chi connectivity index (χ1v) is 14.0. The number of amides is 1. The van der Waals surface area contributed by atoms with Crippen LogP contribution in [0.5, 0.6) is 0 Å². The van der Waals surface area contributed by atoms with E-state index >= 15 is 0 Å². The van der Waals surface area contributed by atoms with E-state index in [4.69, 9.17) is 21.1 Å². The highest BCUT2D eigenvalue weighted by Gasteiger charge is 2.41. The molecule has 0 bridgehead atoms. The maximum atomic E-state index is 13.9. The zero-order chi connectivity index (χ0) is 25.1. The highest BCUT2D eigenvalue weighted by molar-refractivity contribution is 7.98. The van der Waals surface area contributed by atoms with Crippen molar-refractivity contribution in [3.8, 4) is 0 Å². The second-order valence-corrected chi connectivity index (χ2v) is 11.3. The molecule has 1 aliphatic heterocycles. The minimum absolute atomic E-state index is 0.00262.